The molecule has 0 aliphatic heterocycles. The van der Waals surface area contributed by atoms with Crippen LogP contribution in [0.4, 0.5) is 22.7 Å². The zero-order valence-corrected chi connectivity index (χ0v) is 39.5. The summed E-state index contributed by atoms with van der Waals surface area (Å²) >= 11 is 7.25. The highest BCUT2D eigenvalue weighted by Gasteiger charge is 2.05. The molecule has 0 fully saturated rings. The normalized spacial score (nSPS) is 11.4. The lowest BCUT2D eigenvalue weighted by Gasteiger charge is -2.06. The molecule has 328 valence electrons. The van der Waals surface area contributed by atoms with Crippen LogP contribution < -0.4 is 0 Å². The minimum absolute atomic E-state index is 0.862. The molecule has 0 saturated heterocycles. The van der Waals surface area contributed by atoms with E-state index in [4.69, 9.17) is 0 Å². The number of pyridine rings is 2. The van der Waals surface area contributed by atoms with E-state index in [0.29, 0.717) is 0 Å². The highest BCUT2D eigenvalue weighted by Crippen LogP contribution is 2.26. The van der Waals surface area contributed by atoms with Gasteiger partial charge in [0.1, 0.15) is 0 Å². The second-order valence-corrected chi connectivity index (χ2v) is 16.9. The highest BCUT2D eigenvalue weighted by molar-refractivity contribution is 9.11. The summed E-state index contributed by atoms with van der Waals surface area (Å²) in [4.78, 5) is 34.7. The third kappa shape index (κ3) is 12.1. The summed E-state index contributed by atoms with van der Waals surface area (Å²) in [6.45, 7) is 0. The van der Waals surface area contributed by atoms with Gasteiger partial charge < -0.3 is 9.13 Å². The zero-order chi connectivity index (χ0) is 46.3. The standard InChI is InChI=1S/C30H22N4.C26H18Br2N6/c1-2-24(22-34-30-11-7-26(8-12-30)28-15-19-32-20-16-28)4-3-23(1)21-33-29-9-5-25(6-10-29)27-13-17-31-18-14-27;27-23-13-19(1-7-25(23)33-11-9-29-17-33)15-31-21-3-5-22(6-4-21)32-16-20-2-8-26(24(28)14-20)34-12-10-30-18-34/h1-22H;1-18H. The monoisotopic (exact) mass is 1010 g/mol. The molecule has 4 aromatic heterocycles. The van der Waals surface area contributed by atoms with Crippen LogP contribution in [0.2, 0.25) is 0 Å². The van der Waals surface area contributed by atoms with Crippen molar-refractivity contribution in [3.8, 4) is 33.6 Å². The number of hydrogen-bond donors (Lipinski definition) is 0. The van der Waals surface area contributed by atoms with Gasteiger partial charge in [-0.15, -0.1) is 0 Å². The molecule has 10 nitrogen and oxygen atoms in total. The Kier molecular flexibility index (Phi) is 14.7. The van der Waals surface area contributed by atoms with Crippen molar-refractivity contribution in [2.75, 3.05) is 0 Å². The average Bonchev–Trinajstić information content (AvgIpc) is 4.15. The largest absolute Gasteiger partial charge is 0.305 e. The Morgan fingerprint density at radius 1 is 0.324 bits per heavy atom. The van der Waals surface area contributed by atoms with Gasteiger partial charge in [-0.05, 0) is 173 Å². The van der Waals surface area contributed by atoms with Crippen molar-refractivity contribution < 1.29 is 0 Å². The van der Waals surface area contributed by atoms with Crippen LogP contribution in [-0.2, 0) is 0 Å². The van der Waals surface area contributed by atoms with Gasteiger partial charge in [0.25, 0.3) is 0 Å². The van der Waals surface area contributed by atoms with Crippen molar-refractivity contribution in [3.63, 3.8) is 0 Å². The lowest BCUT2D eigenvalue weighted by atomic mass is 10.1. The van der Waals surface area contributed by atoms with E-state index in [9.17, 15) is 0 Å². The SMILES string of the molecule is Brc1cc(C=Nc2ccc(N=Cc3ccc(-n4ccnc4)c(Br)c3)cc2)ccc1-n1ccnc1.C(=Nc1ccc(-c2ccncc2)cc1)c1ccc(C=Nc2ccc(-c3ccncc3)cc2)cc1. The van der Waals surface area contributed by atoms with Crippen molar-refractivity contribution in [1.29, 1.82) is 0 Å². The molecular weight excluding hydrogens is 972 g/mol. The minimum Gasteiger partial charge on any atom is -0.305 e. The fraction of sp³-hybridized carbons (Fsp3) is 0. The predicted molar refractivity (Wildman–Crippen MR) is 284 cm³/mol. The van der Waals surface area contributed by atoms with Gasteiger partial charge in [-0.2, -0.15) is 0 Å². The molecule has 0 aliphatic rings. The Labute approximate surface area is 410 Å². The van der Waals surface area contributed by atoms with Crippen molar-refractivity contribution in [1.82, 2.24) is 29.1 Å². The van der Waals surface area contributed by atoms with Crippen LogP contribution in [0, 0.1) is 0 Å². The maximum Gasteiger partial charge on any atom is 0.0992 e. The van der Waals surface area contributed by atoms with E-state index in [1.165, 1.54) is 0 Å². The van der Waals surface area contributed by atoms with Crippen molar-refractivity contribution >= 4 is 79.5 Å². The maximum atomic E-state index is 4.59. The van der Waals surface area contributed by atoms with Gasteiger partial charge in [0.2, 0.25) is 0 Å². The van der Waals surface area contributed by atoms with Crippen molar-refractivity contribution in [2.45, 2.75) is 0 Å². The van der Waals surface area contributed by atoms with Gasteiger partial charge in [0.15, 0.2) is 0 Å². The summed E-state index contributed by atoms with van der Waals surface area (Å²) < 4.78 is 5.86. The number of aromatic nitrogens is 6. The summed E-state index contributed by atoms with van der Waals surface area (Å²) in [6, 6.07) is 52.6. The molecule has 6 aromatic carbocycles. The van der Waals surface area contributed by atoms with Crippen LogP contribution in [0.25, 0.3) is 33.6 Å². The number of aliphatic imine (C=N–C) groups is 4. The molecule has 0 bridgehead atoms. The lowest BCUT2D eigenvalue weighted by molar-refractivity contribution is 1.05. The summed E-state index contributed by atoms with van der Waals surface area (Å²) in [5.74, 6) is 0. The Morgan fingerprint density at radius 3 is 0.956 bits per heavy atom. The molecule has 10 rings (SSSR count). The number of rotatable bonds is 12. The Hall–Kier alpha value is -8.32. The van der Waals surface area contributed by atoms with E-state index in [-0.39, 0.29) is 0 Å². The molecule has 12 heteroatoms. The molecule has 0 spiro atoms. The molecule has 4 heterocycles. The number of benzene rings is 6. The summed E-state index contributed by atoms with van der Waals surface area (Å²) in [5, 5.41) is 0. The quantitative estimate of drug-likeness (QED) is 0.113. The van der Waals surface area contributed by atoms with E-state index in [1.54, 1.807) is 49.8 Å². The van der Waals surface area contributed by atoms with Gasteiger partial charge >= 0.3 is 0 Å². The number of imidazole rings is 2. The van der Waals surface area contributed by atoms with Gasteiger partial charge in [0.05, 0.1) is 46.8 Å². The first-order chi connectivity index (χ1) is 33.5. The van der Waals surface area contributed by atoms with Crippen molar-refractivity contribution in [3.05, 3.63) is 251 Å². The Balaban J connectivity index is 0.000000170. The van der Waals surface area contributed by atoms with Gasteiger partial charge in [0, 0.05) is 83.4 Å². The second-order valence-electron chi connectivity index (χ2n) is 15.1. The summed E-state index contributed by atoms with van der Waals surface area (Å²) in [7, 11) is 0. The third-order valence-electron chi connectivity index (χ3n) is 10.5. The molecule has 0 amide bonds. The first-order valence-corrected chi connectivity index (χ1v) is 23.0. The van der Waals surface area contributed by atoms with Crippen LogP contribution in [-0.4, -0.2) is 53.9 Å². The molecule has 0 saturated carbocycles. The molecule has 0 aliphatic carbocycles. The minimum atomic E-state index is 0.862. The number of halogens is 2. The van der Waals surface area contributed by atoms with Crippen LogP contribution in [0.15, 0.2) is 249 Å². The fourth-order valence-electron chi connectivity index (χ4n) is 6.89. The average molecular weight is 1010 g/mol. The first-order valence-electron chi connectivity index (χ1n) is 21.4. The van der Waals surface area contributed by atoms with Gasteiger partial charge in [-0.1, -0.05) is 60.7 Å². The van der Waals surface area contributed by atoms with Gasteiger partial charge in [-0.3, -0.25) is 29.9 Å². The number of nitrogens with zero attached hydrogens (tertiary/aromatic N) is 10. The summed E-state index contributed by atoms with van der Waals surface area (Å²) in [6.07, 6.45) is 25.5. The molecule has 68 heavy (non-hydrogen) atoms. The highest BCUT2D eigenvalue weighted by atomic mass is 79.9. The van der Waals surface area contributed by atoms with Crippen LogP contribution >= 0.6 is 31.9 Å². The lowest BCUT2D eigenvalue weighted by Crippen LogP contribution is -1.92. The van der Waals surface area contributed by atoms with E-state index >= 15 is 0 Å². The molecule has 0 N–H and O–H groups in total. The smallest absolute Gasteiger partial charge is 0.0992 e. The predicted octanol–water partition coefficient (Wildman–Crippen LogP) is 14.4. The zero-order valence-electron chi connectivity index (χ0n) is 36.3. The maximum absolute atomic E-state index is 4.59. The molecule has 0 unspecified atom stereocenters. The Morgan fingerprint density at radius 2 is 0.632 bits per heavy atom. The first kappa shape index (κ1) is 44.9. The van der Waals surface area contributed by atoms with Crippen molar-refractivity contribution in [2.24, 2.45) is 20.0 Å². The van der Waals surface area contributed by atoms with Crippen LogP contribution in [0.1, 0.15) is 22.3 Å². The summed E-state index contributed by atoms with van der Waals surface area (Å²) in [5.41, 5.74) is 14.3. The molecule has 0 radical (unpaired) electrons. The molecular formula is C56H40Br2N10. The second kappa shape index (κ2) is 22.2. The topological polar surface area (TPSA) is 111 Å². The van der Waals surface area contributed by atoms with Crippen LogP contribution in [0.3, 0.4) is 0 Å². The van der Waals surface area contributed by atoms with Gasteiger partial charge in [-0.25, -0.2) is 9.97 Å². The fourth-order valence-corrected chi connectivity index (χ4v) is 8.09. The Bertz CT molecular complexity index is 3070. The molecule has 0 atom stereocenters. The van der Waals surface area contributed by atoms with E-state index in [0.717, 1.165) is 87.6 Å². The van der Waals surface area contributed by atoms with E-state index < -0.39 is 0 Å². The van der Waals surface area contributed by atoms with E-state index in [2.05, 4.69) is 96.0 Å². The van der Waals surface area contributed by atoms with Crippen LogP contribution in [0.5, 0.6) is 0 Å². The van der Waals surface area contributed by atoms with E-state index in [1.807, 2.05) is 180 Å². The molecule has 10 aromatic rings. The number of hydrogen-bond acceptors (Lipinski definition) is 8. The third-order valence-corrected chi connectivity index (χ3v) is 11.8.